The second kappa shape index (κ2) is 6.70. The molecule has 4 fully saturated rings. The van der Waals surface area contributed by atoms with Gasteiger partial charge in [0.05, 0.1) is 14.6 Å². The minimum atomic E-state index is -0.423. The number of halogens is 1. The van der Waals surface area contributed by atoms with Gasteiger partial charge in [0.15, 0.2) is 6.61 Å². The average molecular weight is 415 g/mol. The van der Waals surface area contributed by atoms with Crippen molar-refractivity contribution in [2.45, 2.75) is 43.9 Å². The summed E-state index contributed by atoms with van der Waals surface area (Å²) in [6.07, 6.45) is 6.27. The van der Waals surface area contributed by atoms with Crippen LogP contribution in [0.5, 0.6) is 0 Å². The van der Waals surface area contributed by atoms with Crippen molar-refractivity contribution >= 4 is 34.7 Å². The van der Waals surface area contributed by atoms with Gasteiger partial charge < -0.3 is 4.74 Å². The molecule has 1 aromatic carbocycles. The molecule has 2 aromatic rings. The lowest BCUT2D eigenvalue weighted by Crippen LogP contribution is -2.57. The van der Waals surface area contributed by atoms with Crippen molar-refractivity contribution in [3.8, 4) is 0 Å². The highest BCUT2D eigenvalue weighted by Gasteiger charge is 2.61. The maximum absolute atomic E-state index is 13.2. The van der Waals surface area contributed by atoms with E-state index in [-0.39, 0.29) is 23.8 Å². The second-order valence-electron chi connectivity index (χ2n) is 8.99. The maximum atomic E-state index is 13.2. The van der Waals surface area contributed by atoms with Crippen molar-refractivity contribution in [1.29, 1.82) is 0 Å². The SMILES string of the molecule is O=C(COC(=O)C12C[C@H]3C[C@@H](C1)CC(c1ccccc1)(C3)C2)c1ccc(Cl)s1. The fourth-order valence-corrected chi connectivity index (χ4v) is 7.42. The predicted molar refractivity (Wildman–Crippen MR) is 110 cm³/mol. The Morgan fingerprint density at radius 3 is 2.39 bits per heavy atom. The van der Waals surface area contributed by atoms with Gasteiger partial charge in [-0.2, -0.15) is 0 Å². The summed E-state index contributed by atoms with van der Waals surface area (Å²) in [7, 11) is 0. The van der Waals surface area contributed by atoms with Crippen molar-refractivity contribution in [2.24, 2.45) is 17.3 Å². The highest BCUT2D eigenvalue weighted by atomic mass is 35.5. The van der Waals surface area contributed by atoms with Crippen molar-refractivity contribution < 1.29 is 14.3 Å². The van der Waals surface area contributed by atoms with Crippen LogP contribution in [-0.4, -0.2) is 18.4 Å². The number of ketones is 1. The van der Waals surface area contributed by atoms with Gasteiger partial charge in [-0.1, -0.05) is 41.9 Å². The Balaban J connectivity index is 1.36. The lowest BCUT2D eigenvalue weighted by Gasteiger charge is -2.61. The van der Waals surface area contributed by atoms with Crippen LogP contribution in [0, 0.1) is 17.3 Å². The molecule has 28 heavy (non-hydrogen) atoms. The van der Waals surface area contributed by atoms with Crippen molar-refractivity contribution in [1.82, 2.24) is 0 Å². The number of hydrogen-bond acceptors (Lipinski definition) is 4. The molecule has 1 aromatic heterocycles. The van der Waals surface area contributed by atoms with Gasteiger partial charge in [0.25, 0.3) is 0 Å². The van der Waals surface area contributed by atoms with Gasteiger partial charge in [0.2, 0.25) is 5.78 Å². The zero-order valence-electron chi connectivity index (χ0n) is 15.7. The number of benzene rings is 1. The number of carbonyl (C=O) groups excluding carboxylic acids is 2. The molecular weight excluding hydrogens is 392 g/mol. The molecule has 0 saturated heterocycles. The number of Topliss-reactive ketones (excluding diaryl/α,β-unsaturated/α-hetero) is 1. The van der Waals surface area contributed by atoms with E-state index in [9.17, 15) is 9.59 Å². The third-order valence-electron chi connectivity index (χ3n) is 7.06. The molecule has 4 atom stereocenters. The molecule has 0 N–H and O–H groups in total. The molecule has 5 heteroatoms. The lowest BCUT2D eigenvalue weighted by molar-refractivity contribution is -0.172. The quantitative estimate of drug-likeness (QED) is 0.468. The van der Waals surface area contributed by atoms with Crippen LogP contribution in [0.25, 0.3) is 0 Å². The molecule has 0 spiro atoms. The first kappa shape index (κ1) is 18.4. The highest BCUT2D eigenvalue weighted by molar-refractivity contribution is 7.18. The first-order valence-corrected chi connectivity index (χ1v) is 11.2. The van der Waals surface area contributed by atoms with E-state index in [1.807, 2.05) is 0 Å². The van der Waals surface area contributed by atoms with Gasteiger partial charge in [-0.05, 0) is 73.5 Å². The van der Waals surface area contributed by atoms with Crippen LogP contribution in [0.15, 0.2) is 42.5 Å². The van der Waals surface area contributed by atoms with Crippen molar-refractivity contribution in [2.75, 3.05) is 6.61 Å². The number of carbonyl (C=O) groups is 2. The van der Waals surface area contributed by atoms with Gasteiger partial charge >= 0.3 is 5.97 Å². The van der Waals surface area contributed by atoms with E-state index >= 15 is 0 Å². The molecule has 2 unspecified atom stereocenters. The number of esters is 1. The number of rotatable bonds is 5. The third-order valence-corrected chi connectivity index (χ3v) is 8.33. The normalized spacial score (nSPS) is 33.0. The smallest absolute Gasteiger partial charge is 0.312 e. The molecule has 1 heterocycles. The Morgan fingerprint density at radius 1 is 1.04 bits per heavy atom. The van der Waals surface area contributed by atoms with E-state index in [0.29, 0.717) is 21.0 Å². The van der Waals surface area contributed by atoms with E-state index in [1.165, 1.54) is 36.2 Å². The monoisotopic (exact) mass is 414 g/mol. The molecule has 0 amide bonds. The minimum Gasteiger partial charge on any atom is -0.457 e. The summed E-state index contributed by atoms with van der Waals surface area (Å²) in [5.41, 5.74) is 1.04. The summed E-state index contributed by atoms with van der Waals surface area (Å²) in [4.78, 5) is 26.1. The molecule has 0 radical (unpaired) electrons. The Labute approximate surface area is 174 Å². The Bertz CT molecular complexity index is 905. The van der Waals surface area contributed by atoms with Gasteiger partial charge in [-0.3, -0.25) is 9.59 Å². The summed E-state index contributed by atoms with van der Waals surface area (Å²) in [6, 6.07) is 14.1. The lowest BCUT2D eigenvalue weighted by atomic mass is 9.43. The standard InChI is InChI=1S/C23H23ClO3S/c24-20-7-6-19(28-20)18(25)13-27-21(26)23-11-15-8-16(12-23)10-22(9-15,14-23)17-4-2-1-3-5-17/h1-7,15-16H,8-14H2/t15-,16+,22?,23?. The average Bonchev–Trinajstić information content (AvgIpc) is 3.12. The van der Waals surface area contributed by atoms with Gasteiger partial charge in [0.1, 0.15) is 0 Å². The fourth-order valence-electron chi connectivity index (χ4n) is 6.45. The van der Waals surface area contributed by atoms with Crippen LogP contribution < -0.4 is 0 Å². The first-order valence-electron chi connectivity index (χ1n) is 9.99. The predicted octanol–water partition coefficient (Wildman–Crippen LogP) is 5.67. The van der Waals surface area contributed by atoms with Gasteiger partial charge in [-0.15, -0.1) is 11.3 Å². The Hall–Kier alpha value is -1.65. The van der Waals surface area contributed by atoms with Gasteiger partial charge in [-0.25, -0.2) is 0 Å². The zero-order valence-corrected chi connectivity index (χ0v) is 17.2. The number of hydrogen-bond donors (Lipinski definition) is 0. The third kappa shape index (κ3) is 3.02. The maximum Gasteiger partial charge on any atom is 0.312 e. The summed E-state index contributed by atoms with van der Waals surface area (Å²) in [5.74, 6) is 0.826. The summed E-state index contributed by atoms with van der Waals surface area (Å²) < 4.78 is 6.18. The number of thiophene rings is 1. The minimum absolute atomic E-state index is 0.0929. The largest absolute Gasteiger partial charge is 0.457 e. The topological polar surface area (TPSA) is 43.4 Å². The van der Waals surface area contributed by atoms with E-state index in [4.69, 9.17) is 16.3 Å². The first-order chi connectivity index (χ1) is 13.5. The fraction of sp³-hybridized carbons (Fsp3) is 0.478. The summed E-state index contributed by atoms with van der Waals surface area (Å²) in [6.45, 7) is -0.189. The zero-order chi connectivity index (χ0) is 19.4. The van der Waals surface area contributed by atoms with Crippen molar-refractivity contribution in [3.63, 3.8) is 0 Å². The van der Waals surface area contributed by atoms with E-state index in [1.54, 1.807) is 12.1 Å². The number of ether oxygens (including phenoxy) is 1. The molecule has 4 aliphatic rings. The molecular formula is C23H23ClO3S. The molecule has 6 rings (SSSR count). The highest BCUT2D eigenvalue weighted by Crippen LogP contribution is 2.66. The molecule has 3 nitrogen and oxygen atoms in total. The second-order valence-corrected chi connectivity index (χ2v) is 10.7. The van der Waals surface area contributed by atoms with E-state index in [2.05, 4.69) is 30.3 Å². The Kier molecular flexibility index (Phi) is 4.40. The van der Waals surface area contributed by atoms with Crippen LogP contribution in [0.3, 0.4) is 0 Å². The van der Waals surface area contributed by atoms with Crippen LogP contribution in [0.1, 0.15) is 53.8 Å². The summed E-state index contributed by atoms with van der Waals surface area (Å²) >= 11 is 7.14. The van der Waals surface area contributed by atoms with Crippen LogP contribution >= 0.6 is 22.9 Å². The van der Waals surface area contributed by atoms with E-state index in [0.717, 1.165) is 19.3 Å². The molecule has 4 aliphatic carbocycles. The Morgan fingerprint density at radius 2 is 1.75 bits per heavy atom. The van der Waals surface area contributed by atoms with E-state index < -0.39 is 5.41 Å². The van der Waals surface area contributed by atoms with Crippen LogP contribution in [0.4, 0.5) is 0 Å². The summed E-state index contributed by atoms with van der Waals surface area (Å²) in [5, 5.41) is 0. The van der Waals surface area contributed by atoms with Crippen LogP contribution in [0.2, 0.25) is 4.34 Å². The molecule has 4 saturated carbocycles. The van der Waals surface area contributed by atoms with Gasteiger partial charge in [0, 0.05) is 0 Å². The molecule has 4 bridgehead atoms. The van der Waals surface area contributed by atoms with Crippen LogP contribution in [-0.2, 0) is 14.9 Å². The molecule has 0 aliphatic heterocycles. The molecule has 146 valence electrons. The van der Waals surface area contributed by atoms with Crippen molar-refractivity contribution in [3.05, 3.63) is 57.2 Å².